The van der Waals surface area contributed by atoms with Crippen LogP contribution in [0.25, 0.3) is 0 Å². The van der Waals surface area contributed by atoms with Crippen LogP contribution in [0.5, 0.6) is 0 Å². The van der Waals surface area contributed by atoms with E-state index in [1.54, 1.807) is 6.92 Å². The number of H-pyrrole nitrogens is 1. The molecule has 1 N–H and O–H groups in total. The molecule has 0 aliphatic heterocycles. The molecule has 1 aliphatic rings. The van der Waals surface area contributed by atoms with E-state index in [9.17, 15) is 9.59 Å². The third-order valence-corrected chi connectivity index (χ3v) is 4.49. The number of aromatic amines is 1. The number of nitrogens with zero attached hydrogens (tertiary/aromatic N) is 1. The van der Waals surface area contributed by atoms with E-state index in [1.807, 2.05) is 20.8 Å². The minimum atomic E-state index is -0.450. The zero-order chi connectivity index (χ0) is 14.4. The molecule has 1 fully saturated rings. The van der Waals surface area contributed by atoms with Crippen LogP contribution in [0, 0.1) is 12.3 Å². The van der Waals surface area contributed by atoms with Crippen molar-refractivity contribution in [3.8, 4) is 0 Å². The van der Waals surface area contributed by atoms with Gasteiger partial charge in [0.2, 0.25) is 0 Å². The van der Waals surface area contributed by atoms with Crippen molar-refractivity contribution in [1.29, 1.82) is 0 Å². The predicted octanol–water partition coefficient (Wildman–Crippen LogP) is 1.87. The fraction of sp³-hybridized carbons (Fsp3) is 0.692. The van der Waals surface area contributed by atoms with Gasteiger partial charge >= 0.3 is 5.69 Å². The first-order chi connectivity index (χ1) is 8.80. The van der Waals surface area contributed by atoms with Crippen LogP contribution >= 0.6 is 11.6 Å². The third-order valence-electron chi connectivity index (χ3n) is 4.11. The van der Waals surface area contributed by atoms with Gasteiger partial charge in [-0.15, -0.1) is 0 Å². The van der Waals surface area contributed by atoms with Crippen molar-refractivity contribution in [2.45, 2.75) is 46.3 Å². The molecular formula is C13H19ClN2O3. The molecule has 2 rings (SSSR count). The highest BCUT2D eigenvalue weighted by Gasteiger charge is 2.51. The summed E-state index contributed by atoms with van der Waals surface area (Å²) in [6, 6.07) is -0.156. The number of ether oxygens (including phenoxy) is 1. The van der Waals surface area contributed by atoms with Gasteiger partial charge in [0.1, 0.15) is 5.15 Å². The Morgan fingerprint density at radius 1 is 1.47 bits per heavy atom. The highest BCUT2D eigenvalue weighted by atomic mass is 35.5. The first-order valence-corrected chi connectivity index (χ1v) is 6.81. The summed E-state index contributed by atoms with van der Waals surface area (Å²) in [5, 5.41) is 0.115. The summed E-state index contributed by atoms with van der Waals surface area (Å²) >= 11 is 5.81. The summed E-state index contributed by atoms with van der Waals surface area (Å²) in [4.78, 5) is 26.7. The lowest BCUT2D eigenvalue weighted by molar-refractivity contribution is -0.129. The molecule has 0 aromatic carbocycles. The largest absolute Gasteiger partial charge is 0.378 e. The summed E-state index contributed by atoms with van der Waals surface area (Å²) in [5.41, 5.74) is -0.639. The number of hydrogen-bond acceptors (Lipinski definition) is 3. The molecule has 0 spiro atoms. The van der Waals surface area contributed by atoms with Gasteiger partial charge in [-0.3, -0.25) is 14.3 Å². The van der Waals surface area contributed by atoms with Gasteiger partial charge in [-0.1, -0.05) is 25.4 Å². The SMILES string of the molecule is CCOC1CC(n2c(=O)[nH]c(Cl)c(C)c2=O)C1(C)C. The Balaban J connectivity index is 2.44. The number of nitrogens with one attached hydrogen (secondary N) is 1. The third kappa shape index (κ3) is 2.15. The topological polar surface area (TPSA) is 64.1 Å². The lowest BCUT2D eigenvalue weighted by Crippen LogP contribution is -2.57. The van der Waals surface area contributed by atoms with E-state index in [1.165, 1.54) is 4.57 Å². The van der Waals surface area contributed by atoms with Gasteiger partial charge < -0.3 is 4.74 Å². The van der Waals surface area contributed by atoms with Crippen LogP contribution < -0.4 is 11.2 Å². The highest BCUT2D eigenvalue weighted by Crippen LogP contribution is 2.50. The highest BCUT2D eigenvalue weighted by molar-refractivity contribution is 6.30. The number of rotatable bonds is 3. The van der Waals surface area contributed by atoms with E-state index in [0.29, 0.717) is 18.6 Å². The fourth-order valence-electron chi connectivity index (χ4n) is 2.68. The quantitative estimate of drug-likeness (QED) is 0.863. The first kappa shape index (κ1) is 14.3. The fourth-order valence-corrected chi connectivity index (χ4v) is 2.85. The number of halogens is 1. The van der Waals surface area contributed by atoms with E-state index in [0.717, 1.165) is 0 Å². The Morgan fingerprint density at radius 2 is 2.11 bits per heavy atom. The molecule has 1 aromatic rings. The summed E-state index contributed by atoms with van der Waals surface area (Å²) < 4.78 is 6.90. The summed E-state index contributed by atoms with van der Waals surface area (Å²) in [7, 11) is 0. The second-order valence-corrected chi connectivity index (χ2v) is 5.94. The van der Waals surface area contributed by atoms with E-state index in [-0.39, 0.29) is 28.3 Å². The minimum Gasteiger partial charge on any atom is -0.378 e. The average Bonchev–Trinajstić information content (AvgIpc) is 2.34. The molecule has 1 saturated carbocycles. The van der Waals surface area contributed by atoms with Gasteiger partial charge in [0.05, 0.1) is 12.1 Å². The van der Waals surface area contributed by atoms with Crippen molar-refractivity contribution in [2.75, 3.05) is 6.61 Å². The molecule has 6 heteroatoms. The molecule has 0 radical (unpaired) electrons. The van der Waals surface area contributed by atoms with E-state index < -0.39 is 5.69 Å². The Bertz CT molecular complexity index is 603. The maximum absolute atomic E-state index is 12.2. The van der Waals surface area contributed by atoms with Crippen LogP contribution in [0.1, 0.15) is 38.8 Å². The lowest BCUT2D eigenvalue weighted by atomic mass is 9.64. The van der Waals surface area contributed by atoms with Crippen molar-refractivity contribution in [3.05, 3.63) is 31.6 Å². The Labute approximate surface area is 116 Å². The van der Waals surface area contributed by atoms with Gasteiger partial charge in [-0.25, -0.2) is 4.79 Å². The first-order valence-electron chi connectivity index (χ1n) is 6.43. The zero-order valence-electron chi connectivity index (χ0n) is 11.6. The normalized spacial score (nSPS) is 25.1. The Kier molecular flexibility index (Phi) is 3.62. The number of aromatic nitrogens is 2. The second kappa shape index (κ2) is 4.80. The van der Waals surface area contributed by atoms with Gasteiger partial charge in [-0.2, -0.15) is 0 Å². The molecule has 1 aromatic heterocycles. The van der Waals surface area contributed by atoms with Gasteiger partial charge in [-0.05, 0) is 20.3 Å². The molecule has 106 valence electrons. The van der Waals surface area contributed by atoms with Crippen LogP contribution in [0.2, 0.25) is 5.15 Å². The monoisotopic (exact) mass is 286 g/mol. The van der Waals surface area contributed by atoms with Crippen LogP contribution in [0.4, 0.5) is 0 Å². The molecule has 2 unspecified atom stereocenters. The summed E-state index contributed by atoms with van der Waals surface area (Å²) in [6.07, 6.45) is 0.745. The maximum atomic E-state index is 12.2. The molecule has 2 atom stereocenters. The molecule has 19 heavy (non-hydrogen) atoms. The molecule has 5 nitrogen and oxygen atoms in total. The van der Waals surface area contributed by atoms with E-state index in [2.05, 4.69) is 4.98 Å². The summed E-state index contributed by atoms with van der Waals surface area (Å²) in [5.74, 6) is 0. The number of hydrogen-bond donors (Lipinski definition) is 1. The van der Waals surface area contributed by atoms with E-state index >= 15 is 0 Å². The van der Waals surface area contributed by atoms with Gasteiger partial charge in [0.15, 0.2) is 0 Å². The maximum Gasteiger partial charge on any atom is 0.329 e. The van der Waals surface area contributed by atoms with Gasteiger partial charge in [0.25, 0.3) is 5.56 Å². The molecule has 1 aliphatic carbocycles. The van der Waals surface area contributed by atoms with Crippen molar-refractivity contribution in [1.82, 2.24) is 9.55 Å². The lowest BCUT2D eigenvalue weighted by Gasteiger charge is -2.51. The molecule has 0 bridgehead atoms. The van der Waals surface area contributed by atoms with Crippen molar-refractivity contribution >= 4 is 11.6 Å². The van der Waals surface area contributed by atoms with Crippen molar-refractivity contribution in [3.63, 3.8) is 0 Å². The van der Waals surface area contributed by atoms with Crippen LogP contribution in [-0.4, -0.2) is 22.3 Å². The smallest absolute Gasteiger partial charge is 0.329 e. The molecular weight excluding hydrogens is 268 g/mol. The average molecular weight is 287 g/mol. The van der Waals surface area contributed by atoms with Crippen LogP contribution in [0.15, 0.2) is 9.59 Å². The van der Waals surface area contributed by atoms with Crippen LogP contribution in [0.3, 0.4) is 0 Å². The molecule has 0 saturated heterocycles. The second-order valence-electron chi connectivity index (χ2n) is 5.56. The predicted molar refractivity (Wildman–Crippen MR) is 73.9 cm³/mol. The van der Waals surface area contributed by atoms with Crippen molar-refractivity contribution in [2.24, 2.45) is 5.41 Å². The Morgan fingerprint density at radius 3 is 2.63 bits per heavy atom. The van der Waals surface area contributed by atoms with E-state index in [4.69, 9.17) is 16.3 Å². The van der Waals surface area contributed by atoms with Gasteiger partial charge in [0, 0.05) is 17.6 Å². The summed E-state index contributed by atoms with van der Waals surface area (Å²) in [6.45, 7) is 8.21. The van der Waals surface area contributed by atoms with Crippen LogP contribution in [-0.2, 0) is 4.74 Å². The standard InChI is InChI=1S/C13H19ClN2O3/c1-5-19-9-6-8(13(9,3)4)16-11(17)7(2)10(14)15-12(16)18/h8-9H,5-6H2,1-4H3,(H,15,18). The molecule has 0 amide bonds. The van der Waals surface area contributed by atoms with Crippen molar-refractivity contribution < 1.29 is 4.74 Å². The molecule has 1 heterocycles. The minimum absolute atomic E-state index is 0.0739. The zero-order valence-corrected chi connectivity index (χ0v) is 12.4. The Hall–Kier alpha value is -1.07.